The molecule has 5 nitrogen and oxygen atoms in total. The summed E-state index contributed by atoms with van der Waals surface area (Å²) in [6.07, 6.45) is 5.37. The number of anilines is 2. The molecule has 4 N–H and O–H groups in total. The minimum absolute atomic E-state index is 0.167. The van der Waals surface area contributed by atoms with Crippen LogP contribution in [0.25, 0.3) is 0 Å². The van der Waals surface area contributed by atoms with Gasteiger partial charge in [0.2, 0.25) is 0 Å². The van der Waals surface area contributed by atoms with Crippen molar-refractivity contribution >= 4 is 28.3 Å². The van der Waals surface area contributed by atoms with Crippen molar-refractivity contribution in [2.24, 2.45) is 11.3 Å². The molecule has 0 unspecified atom stereocenters. The van der Waals surface area contributed by atoms with E-state index in [1.807, 2.05) is 0 Å². The van der Waals surface area contributed by atoms with Gasteiger partial charge in [0, 0.05) is 13.6 Å². The lowest BCUT2D eigenvalue weighted by Crippen LogP contribution is -2.22. The van der Waals surface area contributed by atoms with Crippen molar-refractivity contribution in [3.05, 3.63) is 5.56 Å². The lowest BCUT2D eigenvalue weighted by Gasteiger charge is -2.15. The third kappa shape index (κ3) is 1.94. The van der Waals surface area contributed by atoms with Crippen molar-refractivity contribution in [2.75, 3.05) is 24.6 Å². The zero-order chi connectivity index (χ0) is 12.8. The summed E-state index contributed by atoms with van der Waals surface area (Å²) in [5.41, 5.74) is 6.74. The molecular weight excluding hydrogens is 248 g/mol. The Bertz CT molecular complexity index is 476. The van der Waals surface area contributed by atoms with Gasteiger partial charge >= 0.3 is 0 Å². The highest BCUT2D eigenvalue weighted by Gasteiger charge is 2.53. The Hall–Kier alpha value is -1.30. The fraction of sp³-hybridized carbons (Fsp3) is 0.667. The predicted molar refractivity (Wildman–Crippen MR) is 72.8 cm³/mol. The van der Waals surface area contributed by atoms with Crippen molar-refractivity contribution in [1.82, 2.24) is 9.69 Å². The van der Waals surface area contributed by atoms with Crippen molar-refractivity contribution in [3.63, 3.8) is 0 Å². The third-order valence-electron chi connectivity index (χ3n) is 4.11. The Morgan fingerprint density at radius 2 is 2.28 bits per heavy atom. The van der Waals surface area contributed by atoms with Gasteiger partial charge in [-0.1, -0.05) is 0 Å². The molecule has 1 aromatic heterocycles. The molecule has 98 valence electrons. The fourth-order valence-electron chi connectivity index (χ4n) is 2.61. The van der Waals surface area contributed by atoms with Crippen molar-refractivity contribution in [2.45, 2.75) is 25.7 Å². The van der Waals surface area contributed by atoms with E-state index in [1.54, 1.807) is 7.05 Å². The fourth-order valence-corrected chi connectivity index (χ4v) is 3.32. The molecule has 0 saturated heterocycles. The summed E-state index contributed by atoms with van der Waals surface area (Å²) >= 11 is 1.27. The molecule has 0 bridgehead atoms. The van der Waals surface area contributed by atoms with E-state index in [0.29, 0.717) is 16.8 Å². The van der Waals surface area contributed by atoms with Gasteiger partial charge in [-0.05, 0) is 48.5 Å². The minimum atomic E-state index is -0.167. The molecule has 2 saturated carbocycles. The average molecular weight is 266 g/mol. The molecule has 3 rings (SSSR count). The summed E-state index contributed by atoms with van der Waals surface area (Å²) < 4.78 is 4.06. The first-order chi connectivity index (χ1) is 8.66. The molecule has 0 aliphatic heterocycles. The summed E-state index contributed by atoms with van der Waals surface area (Å²) in [5.74, 6) is 1.05. The van der Waals surface area contributed by atoms with Crippen LogP contribution >= 0.6 is 11.5 Å². The van der Waals surface area contributed by atoms with E-state index in [9.17, 15) is 4.79 Å². The Morgan fingerprint density at radius 1 is 1.56 bits per heavy atom. The van der Waals surface area contributed by atoms with E-state index in [4.69, 9.17) is 5.73 Å². The van der Waals surface area contributed by atoms with Crippen molar-refractivity contribution in [1.29, 1.82) is 0 Å². The van der Waals surface area contributed by atoms with Crippen LogP contribution in [-0.4, -0.2) is 23.9 Å². The number of aromatic nitrogens is 1. The van der Waals surface area contributed by atoms with Gasteiger partial charge in [0.25, 0.3) is 5.91 Å². The highest BCUT2D eigenvalue weighted by atomic mass is 32.1. The molecule has 6 heteroatoms. The maximum absolute atomic E-state index is 11.7. The summed E-state index contributed by atoms with van der Waals surface area (Å²) in [6.45, 7) is 0.948. The lowest BCUT2D eigenvalue weighted by molar-refractivity contribution is 0.0965. The van der Waals surface area contributed by atoms with Gasteiger partial charge in [-0.15, -0.1) is 0 Å². The SMILES string of the molecule is CNC(=O)c1c(N)nsc1NCC1(C2CC2)CC1. The van der Waals surface area contributed by atoms with Gasteiger partial charge in [0.05, 0.1) is 0 Å². The molecule has 1 heterocycles. The van der Waals surface area contributed by atoms with Crippen LogP contribution in [-0.2, 0) is 0 Å². The van der Waals surface area contributed by atoms with Gasteiger partial charge in [0.15, 0.2) is 5.82 Å². The zero-order valence-corrected chi connectivity index (χ0v) is 11.3. The van der Waals surface area contributed by atoms with Crippen LogP contribution in [0.1, 0.15) is 36.0 Å². The first-order valence-electron chi connectivity index (χ1n) is 6.37. The molecule has 2 aliphatic carbocycles. The number of nitrogens with one attached hydrogen (secondary N) is 2. The number of rotatable bonds is 5. The maximum Gasteiger partial charge on any atom is 0.257 e. The van der Waals surface area contributed by atoms with Crippen LogP contribution in [0, 0.1) is 11.3 Å². The normalized spacial score (nSPS) is 20.5. The Morgan fingerprint density at radius 3 is 2.83 bits per heavy atom. The van der Waals surface area contributed by atoms with Crippen LogP contribution in [0.3, 0.4) is 0 Å². The maximum atomic E-state index is 11.7. The van der Waals surface area contributed by atoms with Gasteiger partial charge < -0.3 is 16.4 Å². The lowest BCUT2D eigenvalue weighted by atomic mass is 10.0. The molecule has 18 heavy (non-hydrogen) atoms. The molecule has 0 radical (unpaired) electrons. The number of hydrogen-bond acceptors (Lipinski definition) is 5. The molecule has 0 spiro atoms. The van der Waals surface area contributed by atoms with Crippen LogP contribution in [0.2, 0.25) is 0 Å². The second-order valence-electron chi connectivity index (χ2n) is 5.34. The summed E-state index contributed by atoms with van der Waals surface area (Å²) in [4.78, 5) is 11.7. The Kier molecular flexibility index (Phi) is 2.69. The topological polar surface area (TPSA) is 80.0 Å². The predicted octanol–water partition coefficient (Wildman–Crippen LogP) is 1.69. The monoisotopic (exact) mass is 266 g/mol. The third-order valence-corrected chi connectivity index (χ3v) is 4.93. The Balaban J connectivity index is 1.71. The van der Waals surface area contributed by atoms with E-state index in [2.05, 4.69) is 15.0 Å². The number of nitrogens with two attached hydrogens (primary N) is 1. The number of amides is 1. The minimum Gasteiger partial charge on any atom is -0.382 e. The standard InChI is InChI=1S/C12H18N4OS/c1-14-10(17)8-9(13)16-18-11(8)15-6-12(4-5-12)7-2-3-7/h7,15H,2-6H2,1H3,(H2,13,16)(H,14,17). The van der Waals surface area contributed by atoms with Crippen molar-refractivity contribution < 1.29 is 4.79 Å². The van der Waals surface area contributed by atoms with Gasteiger partial charge in [-0.3, -0.25) is 4.79 Å². The first kappa shape index (κ1) is 11.8. The van der Waals surface area contributed by atoms with E-state index in [1.165, 1.54) is 37.2 Å². The Labute approximate surface area is 110 Å². The molecule has 0 atom stereocenters. The second-order valence-corrected chi connectivity index (χ2v) is 6.11. The highest BCUT2D eigenvalue weighted by molar-refractivity contribution is 7.11. The molecular formula is C12H18N4OS. The number of hydrogen-bond donors (Lipinski definition) is 3. The van der Waals surface area contributed by atoms with Crippen LogP contribution in [0.4, 0.5) is 10.8 Å². The summed E-state index contributed by atoms with van der Waals surface area (Å²) in [5, 5.41) is 6.80. The number of carbonyl (C=O) groups excluding carboxylic acids is 1. The van der Waals surface area contributed by atoms with Crippen LogP contribution in [0.15, 0.2) is 0 Å². The molecule has 2 fully saturated rings. The first-order valence-corrected chi connectivity index (χ1v) is 7.15. The quantitative estimate of drug-likeness (QED) is 0.757. The number of nitrogen functional groups attached to an aromatic ring is 1. The van der Waals surface area contributed by atoms with Gasteiger partial charge in [0.1, 0.15) is 10.6 Å². The highest BCUT2D eigenvalue weighted by Crippen LogP contribution is 2.61. The molecule has 0 aromatic carbocycles. The van der Waals surface area contributed by atoms with Crippen LogP contribution < -0.4 is 16.4 Å². The van der Waals surface area contributed by atoms with E-state index in [0.717, 1.165) is 17.5 Å². The largest absolute Gasteiger partial charge is 0.382 e. The zero-order valence-electron chi connectivity index (χ0n) is 10.5. The van der Waals surface area contributed by atoms with E-state index >= 15 is 0 Å². The van der Waals surface area contributed by atoms with Gasteiger partial charge in [-0.2, -0.15) is 4.37 Å². The molecule has 1 amide bonds. The van der Waals surface area contributed by atoms with Crippen molar-refractivity contribution in [3.8, 4) is 0 Å². The molecule has 2 aliphatic rings. The van der Waals surface area contributed by atoms with Gasteiger partial charge in [-0.25, -0.2) is 0 Å². The second kappa shape index (κ2) is 4.12. The smallest absolute Gasteiger partial charge is 0.257 e. The van der Waals surface area contributed by atoms with E-state index < -0.39 is 0 Å². The summed E-state index contributed by atoms with van der Waals surface area (Å²) in [6, 6.07) is 0. The number of carbonyl (C=O) groups is 1. The molecule has 1 aromatic rings. The average Bonchev–Trinajstić information content (AvgIpc) is 3.24. The number of nitrogens with zero attached hydrogens (tertiary/aromatic N) is 1. The summed E-state index contributed by atoms with van der Waals surface area (Å²) in [7, 11) is 1.61. The van der Waals surface area contributed by atoms with E-state index in [-0.39, 0.29) is 5.91 Å². The van der Waals surface area contributed by atoms with Crippen LogP contribution in [0.5, 0.6) is 0 Å².